The summed E-state index contributed by atoms with van der Waals surface area (Å²) in [6.45, 7) is 5.94. The van der Waals surface area contributed by atoms with E-state index in [1.54, 1.807) is 13.4 Å². The molecular formula is C20H26N4O3. The van der Waals surface area contributed by atoms with Gasteiger partial charge in [-0.05, 0) is 31.4 Å². The summed E-state index contributed by atoms with van der Waals surface area (Å²) in [5.74, 6) is 2.54. The molecular weight excluding hydrogens is 344 g/mol. The smallest absolute Gasteiger partial charge is 0.218 e. The summed E-state index contributed by atoms with van der Waals surface area (Å²) in [4.78, 5) is 15.2. The van der Waals surface area contributed by atoms with Crippen LogP contribution in [0.3, 0.4) is 0 Å². The number of rotatable bonds is 7. The number of anilines is 1. The highest BCUT2D eigenvalue weighted by Gasteiger charge is 2.43. The molecule has 27 heavy (non-hydrogen) atoms. The monoisotopic (exact) mass is 370 g/mol. The first-order valence-electron chi connectivity index (χ1n) is 9.46. The number of hydrogen-bond acceptors (Lipinski definition) is 7. The molecule has 144 valence electrons. The van der Waals surface area contributed by atoms with E-state index in [-0.39, 0.29) is 6.10 Å². The second-order valence-electron chi connectivity index (χ2n) is 7.23. The molecule has 0 aliphatic carbocycles. The lowest BCUT2D eigenvalue weighted by Gasteiger charge is -2.20. The number of pyridine rings is 1. The number of ether oxygens (including phenoxy) is 3. The first-order valence-corrected chi connectivity index (χ1v) is 9.46. The molecule has 0 saturated carbocycles. The first-order chi connectivity index (χ1) is 13.2. The fourth-order valence-electron chi connectivity index (χ4n) is 3.99. The van der Waals surface area contributed by atoms with Gasteiger partial charge in [-0.15, -0.1) is 0 Å². The molecule has 0 amide bonds. The zero-order valence-corrected chi connectivity index (χ0v) is 15.9. The van der Waals surface area contributed by atoms with Crippen LogP contribution in [-0.2, 0) is 16.1 Å². The maximum atomic E-state index is 6.04. The Morgan fingerprint density at radius 2 is 2.19 bits per heavy atom. The van der Waals surface area contributed by atoms with Crippen LogP contribution in [0.15, 0.2) is 30.6 Å². The summed E-state index contributed by atoms with van der Waals surface area (Å²) in [6.07, 6.45) is 2.83. The lowest BCUT2D eigenvalue weighted by atomic mass is 9.91. The number of methoxy groups -OCH3 is 1. The van der Waals surface area contributed by atoms with Crippen molar-refractivity contribution in [3.8, 4) is 5.88 Å². The van der Waals surface area contributed by atoms with Crippen molar-refractivity contribution in [1.82, 2.24) is 15.0 Å². The zero-order valence-electron chi connectivity index (χ0n) is 15.9. The van der Waals surface area contributed by atoms with Crippen LogP contribution in [0.5, 0.6) is 5.88 Å². The molecule has 7 heteroatoms. The quantitative estimate of drug-likeness (QED) is 0.692. The van der Waals surface area contributed by atoms with Crippen LogP contribution in [0, 0.1) is 18.8 Å². The third-order valence-corrected chi connectivity index (χ3v) is 5.43. The lowest BCUT2D eigenvalue weighted by Crippen LogP contribution is -2.25. The molecule has 0 unspecified atom stereocenters. The number of aryl methyl sites for hydroxylation is 1. The maximum Gasteiger partial charge on any atom is 0.218 e. The van der Waals surface area contributed by atoms with Crippen LogP contribution in [0.1, 0.15) is 17.8 Å². The van der Waals surface area contributed by atoms with Crippen molar-refractivity contribution in [2.24, 2.45) is 11.8 Å². The molecule has 4 heterocycles. The Balaban J connectivity index is 1.27. The molecule has 2 aliphatic heterocycles. The van der Waals surface area contributed by atoms with Crippen molar-refractivity contribution >= 4 is 5.82 Å². The van der Waals surface area contributed by atoms with E-state index in [9.17, 15) is 0 Å². The summed E-state index contributed by atoms with van der Waals surface area (Å²) in [5.41, 5.74) is 2.01. The second-order valence-corrected chi connectivity index (χ2v) is 7.23. The lowest BCUT2D eigenvalue weighted by molar-refractivity contribution is 0.0926. The average molecular weight is 370 g/mol. The number of hydrogen-bond donors (Lipinski definition) is 0. The van der Waals surface area contributed by atoms with E-state index in [2.05, 4.69) is 19.9 Å². The SMILES string of the molecule is COc1cc(N2C[C@@H]3[C@H](CCOCc4cccc(C)n4)CO[C@@H]3C2)ncn1. The van der Waals surface area contributed by atoms with Gasteiger partial charge in [0.2, 0.25) is 5.88 Å². The Hall–Kier alpha value is -2.25. The van der Waals surface area contributed by atoms with Gasteiger partial charge in [-0.3, -0.25) is 4.98 Å². The maximum absolute atomic E-state index is 6.04. The molecule has 0 radical (unpaired) electrons. The average Bonchev–Trinajstić information content (AvgIpc) is 3.27. The highest BCUT2D eigenvalue weighted by molar-refractivity contribution is 5.42. The van der Waals surface area contributed by atoms with Gasteiger partial charge in [-0.1, -0.05) is 6.07 Å². The van der Waals surface area contributed by atoms with Gasteiger partial charge in [0, 0.05) is 37.4 Å². The largest absolute Gasteiger partial charge is 0.481 e. The molecule has 0 bridgehead atoms. The van der Waals surface area contributed by atoms with Crippen molar-refractivity contribution in [2.75, 3.05) is 38.3 Å². The highest BCUT2D eigenvalue weighted by atomic mass is 16.5. The van der Waals surface area contributed by atoms with E-state index in [0.717, 1.165) is 49.9 Å². The van der Waals surface area contributed by atoms with Gasteiger partial charge in [0.1, 0.15) is 12.1 Å². The number of fused-ring (bicyclic) bond motifs is 1. The van der Waals surface area contributed by atoms with Gasteiger partial charge in [0.05, 0.1) is 32.1 Å². The summed E-state index contributed by atoms with van der Waals surface area (Å²) in [7, 11) is 1.62. The molecule has 3 atom stereocenters. The molecule has 7 nitrogen and oxygen atoms in total. The highest BCUT2D eigenvalue weighted by Crippen LogP contribution is 2.37. The fourth-order valence-corrected chi connectivity index (χ4v) is 3.99. The van der Waals surface area contributed by atoms with Crippen LogP contribution in [0.2, 0.25) is 0 Å². The molecule has 2 fully saturated rings. The predicted molar refractivity (Wildman–Crippen MR) is 101 cm³/mol. The Bertz CT molecular complexity index is 772. The van der Waals surface area contributed by atoms with Crippen LogP contribution in [0.25, 0.3) is 0 Å². The summed E-state index contributed by atoms with van der Waals surface area (Å²) >= 11 is 0. The topological polar surface area (TPSA) is 69.6 Å². The molecule has 2 aromatic rings. The molecule has 0 aromatic carbocycles. The Kier molecular flexibility index (Phi) is 5.50. The molecule has 2 saturated heterocycles. The van der Waals surface area contributed by atoms with Crippen molar-refractivity contribution in [2.45, 2.75) is 26.1 Å². The third-order valence-electron chi connectivity index (χ3n) is 5.43. The minimum Gasteiger partial charge on any atom is -0.481 e. The third kappa shape index (κ3) is 4.20. The van der Waals surface area contributed by atoms with E-state index in [0.29, 0.717) is 24.3 Å². The van der Waals surface area contributed by atoms with E-state index < -0.39 is 0 Å². The molecule has 2 aliphatic rings. The fraction of sp³-hybridized carbons (Fsp3) is 0.550. The van der Waals surface area contributed by atoms with Crippen molar-refractivity contribution < 1.29 is 14.2 Å². The van der Waals surface area contributed by atoms with E-state index in [4.69, 9.17) is 14.2 Å². The normalized spacial score (nSPS) is 24.2. The van der Waals surface area contributed by atoms with Crippen molar-refractivity contribution in [3.05, 3.63) is 42.0 Å². The molecule has 2 aromatic heterocycles. The van der Waals surface area contributed by atoms with Gasteiger partial charge in [0.25, 0.3) is 0 Å². The van der Waals surface area contributed by atoms with Crippen LogP contribution >= 0.6 is 0 Å². The first kappa shape index (κ1) is 18.1. The van der Waals surface area contributed by atoms with Crippen molar-refractivity contribution in [1.29, 1.82) is 0 Å². The van der Waals surface area contributed by atoms with E-state index >= 15 is 0 Å². The summed E-state index contributed by atoms with van der Waals surface area (Å²) in [6, 6.07) is 7.91. The standard InChI is InChI=1S/C20H26N4O3/c1-14-4-3-5-16(23-14)12-26-7-6-15-11-27-18-10-24(9-17(15)18)19-8-20(25-2)22-13-21-19/h3-5,8,13,15,17-18H,6-7,9-12H2,1-2H3/t15-,17-,18-/m1/s1. The van der Waals surface area contributed by atoms with Gasteiger partial charge in [-0.2, -0.15) is 0 Å². The Labute approximate surface area is 159 Å². The van der Waals surface area contributed by atoms with E-state index in [1.807, 2.05) is 31.2 Å². The number of nitrogens with zero attached hydrogens (tertiary/aromatic N) is 4. The minimum absolute atomic E-state index is 0.273. The number of aromatic nitrogens is 3. The van der Waals surface area contributed by atoms with Crippen LogP contribution in [0.4, 0.5) is 5.82 Å². The van der Waals surface area contributed by atoms with Gasteiger partial charge in [0.15, 0.2) is 0 Å². The predicted octanol–water partition coefficient (Wildman–Crippen LogP) is 2.25. The Morgan fingerprint density at radius 1 is 1.26 bits per heavy atom. The molecule has 0 N–H and O–H groups in total. The zero-order chi connectivity index (χ0) is 18.6. The second kappa shape index (κ2) is 8.19. The van der Waals surface area contributed by atoms with Crippen molar-refractivity contribution in [3.63, 3.8) is 0 Å². The molecule has 0 spiro atoms. The summed E-state index contributed by atoms with van der Waals surface area (Å²) < 4.78 is 17.1. The van der Waals surface area contributed by atoms with Gasteiger partial charge in [-0.25, -0.2) is 9.97 Å². The summed E-state index contributed by atoms with van der Waals surface area (Å²) in [5, 5.41) is 0. The Morgan fingerprint density at radius 3 is 3.04 bits per heavy atom. The van der Waals surface area contributed by atoms with Gasteiger partial charge >= 0.3 is 0 Å². The molecule has 4 rings (SSSR count). The van der Waals surface area contributed by atoms with Gasteiger partial charge < -0.3 is 19.1 Å². The van der Waals surface area contributed by atoms with E-state index in [1.165, 1.54) is 0 Å². The minimum atomic E-state index is 0.273. The van der Waals surface area contributed by atoms with Crippen LogP contribution in [-0.4, -0.2) is 54.5 Å². The van der Waals surface area contributed by atoms with Crippen LogP contribution < -0.4 is 9.64 Å².